The first kappa shape index (κ1) is 16.1. The number of carbonyl (C=O) groups is 1. The number of benzene rings is 2. The molecule has 0 amide bonds. The number of fused-ring (bicyclic) bond motifs is 1. The minimum atomic E-state index is -0.337. The third-order valence-corrected chi connectivity index (χ3v) is 4.43. The Morgan fingerprint density at radius 1 is 1.04 bits per heavy atom. The van der Waals surface area contributed by atoms with Gasteiger partial charge in [0.2, 0.25) is 0 Å². The molecule has 1 aromatic heterocycles. The van der Waals surface area contributed by atoms with E-state index in [2.05, 4.69) is 36.8 Å². The summed E-state index contributed by atoms with van der Waals surface area (Å²) < 4.78 is 7.09. The predicted octanol–water partition coefficient (Wildman–Crippen LogP) is 5.60. The average molecular weight is 435 g/mol. The van der Waals surface area contributed by atoms with Crippen LogP contribution in [0.4, 0.5) is 0 Å². The molecule has 5 heteroatoms. The van der Waals surface area contributed by atoms with Crippen LogP contribution in [0.1, 0.15) is 17.3 Å². The maximum Gasteiger partial charge on any atom is 0.338 e. The van der Waals surface area contributed by atoms with E-state index in [0.717, 1.165) is 31.1 Å². The van der Waals surface area contributed by atoms with Crippen LogP contribution in [0.5, 0.6) is 0 Å². The minimum Gasteiger partial charge on any atom is -0.462 e. The van der Waals surface area contributed by atoms with E-state index < -0.39 is 0 Å². The van der Waals surface area contributed by atoms with Crippen molar-refractivity contribution in [2.24, 2.45) is 0 Å². The van der Waals surface area contributed by atoms with Gasteiger partial charge in [0.15, 0.2) is 0 Å². The van der Waals surface area contributed by atoms with Crippen molar-refractivity contribution in [3.63, 3.8) is 0 Å². The molecule has 0 aliphatic rings. The van der Waals surface area contributed by atoms with Gasteiger partial charge in [0.05, 0.1) is 23.4 Å². The highest BCUT2D eigenvalue weighted by Gasteiger charge is 2.15. The minimum absolute atomic E-state index is 0.337. The number of esters is 1. The van der Waals surface area contributed by atoms with Crippen LogP contribution in [-0.4, -0.2) is 17.6 Å². The van der Waals surface area contributed by atoms with Crippen LogP contribution < -0.4 is 0 Å². The van der Waals surface area contributed by atoms with Crippen LogP contribution in [0.2, 0.25) is 0 Å². The van der Waals surface area contributed by atoms with Gasteiger partial charge in [-0.2, -0.15) is 0 Å². The van der Waals surface area contributed by atoms with E-state index in [9.17, 15) is 4.79 Å². The molecule has 3 rings (SSSR count). The molecule has 0 atom stereocenters. The van der Waals surface area contributed by atoms with Gasteiger partial charge in [0, 0.05) is 19.9 Å². The van der Waals surface area contributed by atoms with E-state index in [1.165, 1.54) is 0 Å². The van der Waals surface area contributed by atoms with E-state index in [1.54, 1.807) is 13.0 Å². The molecule has 0 unspecified atom stereocenters. The molecule has 3 aromatic rings. The molecule has 2 aromatic carbocycles. The van der Waals surface area contributed by atoms with Crippen LogP contribution in [0.25, 0.3) is 22.2 Å². The Morgan fingerprint density at radius 3 is 2.43 bits per heavy atom. The average Bonchev–Trinajstić information content (AvgIpc) is 2.55. The van der Waals surface area contributed by atoms with Gasteiger partial charge in [0.25, 0.3) is 0 Å². The number of halogens is 2. The van der Waals surface area contributed by atoms with Crippen molar-refractivity contribution in [3.05, 3.63) is 63.0 Å². The Balaban J connectivity index is 2.22. The van der Waals surface area contributed by atoms with E-state index in [4.69, 9.17) is 4.74 Å². The second-order valence-corrected chi connectivity index (χ2v) is 6.78. The van der Waals surface area contributed by atoms with Crippen molar-refractivity contribution >= 4 is 48.7 Å². The standard InChI is InChI=1S/C18H13Br2NO2/c1-2-23-18(22)15-10-17(11-3-5-12(19)6-4-11)21-16-8-7-13(20)9-14(15)16/h3-10H,2H2,1H3. The summed E-state index contributed by atoms with van der Waals surface area (Å²) in [7, 11) is 0. The molecule has 0 spiro atoms. The summed E-state index contributed by atoms with van der Waals surface area (Å²) in [5, 5.41) is 0.777. The zero-order valence-corrected chi connectivity index (χ0v) is 15.5. The van der Waals surface area contributed by atoms with Gasteiger partial charge in [0.1, 0.15) is 0 Å². The number of nitrogens with zero attached hydrogens (tertiary/aromatic N) is 1. The molecular formula is C18H13Br2NO2. The van der Waals surface area contributed by atoms with Gasteiger partial charge in [-0.05, 0) is 43.3 Å². The van der Waals surface area contributed by atoms with Gasteiger partial charge in [-0.15, -0.1) is 0 Å². The van der Waals surface area contributed by atoms with Crippen LogP contribution in [0.15, 0.2) is 57.5 Å². The monoisotopic (exact) mass is 433 g/mol. The Kier molecular flexibility index (Phi) is 4.78. The number of hydrogen-bond donors (Lipinski definition) is 0. The lowest BCUT2D eigenvalue weighted by Gasteiger charge is -2.10. The van der Waals surface area contributed by atoms with Crippen LogP contribution in [0, 0.1) is 0 Å². The van der Waals surface area contributed by atoms with Gasteiger partial charge in [-0.3, -0.25) is 0 Å². The molecule has 0 N–H and O–H groups in total. The Labute approximate surface area is 150 Å². The number of aromatic nitrogens is 1. The number of ether oxygens (including phenoxy) is 1. The molecule has 0 bridgehead atoms. The molecule has 0 aliphatic heterocycles. The normalized spacial score (nSPS) is 10.7. The highest BCUT2D eigenvalue weighted by molar-refractivity contribution is 9.10. The number of pyridine rings is 1. The maximum absolute atomic E-state index is 12.3. The fourth-order valence-electron chi connectivity index (χ4n) is 2.34. The molecule has 116 valence electrons. The molecule has 0 saturated carbocycles. The number of carbonyl (C=O) groups excluding carboxylic acids is 1. The fraction of sp³-hybridized carbons (Fsp3) is 0.111. The Hall–Kier alpha value is -1.72. The molecular weight excluding hydrogens is 422 g/mol. The molecule has 1 heterocycles. The smallest absolute Gasteiger partial charge is 0.338 e. The number of rotatable bonds is 3. The van der Waals surface area contributed by atoms with Crippen molar-refractivity contribution in [2.45, 2.75) is 6.92 Å². The highest BCUT2D eigenvalue weighted by atomic mass is 79.9. The quantitative estimate of drug-likeness (QED) is 0.503. The second kappa shape index (κ2) is 6.81. The van der Waals surface area contributed by atoms with Crippen LogP contribution in [0.3, 0.4) is 0 Å². The fourth-order valence-corrected chi connectivity index (χ4v) is 2.97. The van der Waals surface area contributed by atoms with Crippen molar-refractivity contribution in [2.75, 3.05) is 6.61 Å². The molecule has 0 aliphatic carbocycles. The second-order valence-electron chi connectivity index (χ2n) is 4.94. The van der Waals surface area contributed by atoms with Gasteiger partial charge in [-0.25, -0.2) is 9.78 Å². The summed E-state index contributed by atoms with van der Waals surface area (Å²) in [6.45, 7) is 2.14. The summed E-state index contributed by atoms with van der Waals surface area (Å²) in [5.41, 5.74) is 2.98. The molecule has 0 radical (unpaired) electrons. The first-order chi connectivity index (χ1) is 11.1. The van der Waals surface area contributed by atoms with E-state index >= 15 is 0 Å². The van der Waals surface area contributed by atoms with Crippen LogP contribution >= 0.6 is 31.9 Å². The van der Waals surface area contributed by atoms with Gasteiger partial charge >= 0.3 is 5.97 Å². The number of hydrogen-bond acceptors (Lipinski definition) is 3. The zero-order valence-electron chi connectivity index (χ0n) is 12.3. The van der Waals surface area contributed by atoms with Gasteiger partial charge < -0.3 is 4.74 Å². The summed E-state index contributed by atoms with van der Waals surface area (Å²) >= 11 is 6.87. The lowest BCUT2D eigenvalue weighted by atomic mass is 10.0. The van der Waals surface area contributed by atoms with Crippen molar-refractivity contribution in [3.8, 4) is 11.3 Å². The third-order valence-electron chi connectivity index (χ3n) is 3.41. The summed E-state index contributed by atoms with van der Waals surface area (Å²) in [6, 6.07) is 15.3. The maximum atomic E-state index is 12.3. The topological polar surface area (TPSA) is 39.2 Å². The molecule has 0 fully saturated rings. The first-order valence-corrected chi connectivity index (χ1v) is 8.70. The Bertz CT molecular complexity index is 876. The van der Waals surface area contributed by atoms with E-state index in [-0.39, 0.29) is 5.97 Å². The summed E-state index contributed by atoms with van der Waals surface area (Å²) in [6.07, 6.45) is 0. The zero-order chi connectivity index (χ0) is 16.4. The highest BCUT2D eigenvalue weighted by Crippen LogP contribution is 2.28. The lowest BCUT2D eigenvalue weighted by Crippen LogP contribution is -2.06. The summed E-state index contributed by atoms with van der Waals surface area (Å²) in [5.74, 6) is -0.337. The summed E-state index contributed by atoms with van der Waals surface area (Å²) in [4.78, 5) is 17.0. The molecule has 23 heavy (non-hydrogen) atoms. The van der Waals surface area contributed by atoms with Crippen molar-refractivity contribution in [1.29, 1.82) is 0 Å². The van der Waals surface area contributed by atoms with Crippen LogP contribution in [-0.2, 0) is 4.74 Å². The Morgan fingerprint density at radius 2 is 1.74 bits per heavy atom. The van der Waals surface area contributed by atoms with Crippen molar-refractivity contribution in [1.82, 2.24) is 4.98 Å². The lowest BCUT2D eigenvalue weighted by molar-refractivity contribution is 0.0528. The molecule has 0 saturated heterocycles. The van der Waals surface area contributed by atoms with Crippen molar-refractivity contribution < 1.29 is 9.53 Å². The van der Waals surface area contributed by atoms with E-state index in [1.807, 2.05) is 42.5 Å². The SMILES string of the molecule is CCOC(=O)c1cc(-c2ccc(Br)cc2)nc2ccc(Br)cc12. The molecule has 3 nitrogen and oxygen atoms in total. The predicted molar refractivity (Wildman–Crippen MR) is 98.5 cm³/mol. The van der Waals surface area contributed by atoms with E-state index in [0.29, 0.717) is 12.2 Å². The third kappa shape index (κ3) is 3.46. The first-order valence-electron chi connectivity index (χ1n) is 7.12. The largest absolute Gasteiger partial charge is 0.462 e. The van der Waals surface area contributed by atoms with Gasteiger partial charge in [-0.1, -0.05) is 44.0 Å².